The summed E-state index contributed by atoms with van der Waals surface area (Å²) in [5, 5.41) is 7.70. The molecule has 0 saturated heterocycles. The molecule has 1 aromatic heterocycles. The van der Waals surface area contributed by atoms with Gasteiger partial charge in [-0.3, -0.25) is 4.68 Å². The first kappa shape index (κ1) is 13.3. The Labute approximate surface area is 116 Å². The summed E-state index contributed by atoms with van der Waals surface area (Å²) in [4.78, 5) is 0. The fourth-order valence-corrected chi connectivity index (χ4v) is 2.10. The molecule has 0 aliphatic carbocycles. The maximum Gasteiger partial charge on any atom is 0.0659 e. The van der Waals surface area contributed by atoms with E-state index in [1.807, 2.05) is 17.1 Å². The van der Waals surface area contributed by atoms with Crippen LogP contribution in [0.5, 0.6) is 0 Å². The van der Waals surface area contributed by atoms with E-state index >= 15 is 0 Å². The molecule has 96 valence electrons. The van der Waals surface area contributed by atoms with Gasteiger partial charge in [-0.05, 0) is 27.1 Å². The van der Waals surface area contributed by atoms with E-state index in [2.05, 4.69) is 64.5 Å². The van der Waals surface area contributed by atoms with Gasteiger partial charge in [0.2, 0.25) is 0 Å². The molecule has 2 aromatic rings. The summed E-state index contributed by atoms with van der Waals surface area (Å²) in [5.74, 6) is 0. The Morgan fingerprint density at radius 2 is 2.11 bits per heavy atom. The number of rotatable bonds is 5. The van der Waals surface area contributed by atoms with Crippen molar-refractivity contribution in [1.82, 2.24) is 15.1 Å². The van der Waals surface area contributed by atoms with Crippen LogP contribution >= 0.6 is 15.9 Å². The maximum atomic E-state index is 4.27. The van der Waals surface area contributed by atoms with Crippen molar-refractivity contribution in [1.29, 1.82) is 0 Å². The molecular weight excluding hydrogens is 290 g/mol. The molecule has 1 heterocycles. The Balaban J connectivity index is 2.02. The van der Waals surface area contributed by atoms with Crippen LogP contribution in [0.1, 0.15) is 25.0 Å². The van der Waals surface area contributed by atoms with E-state index < -0.39 is 0 Å². The fraction of sp³-hybridized carbons (Fsp3) is 0.357. The molecular formula is C14H18BrN3. The van der Waals surface area contributed by atoms with Crippen LogP contribution in [0.2, 0.25) is 0 Å². The first-order chi connectivity index (χ1) is 8.63. The molecule has 0 atom stereocenters. The number of hydrogen-bond acceptors (Lipinski definition) is 2. The van der Waals surface area contributed by atoms with Crippen LogP contribution in [-0.4, -0.2) is 15.8 Å². The highest BCUT2D eigenvalue weighted by atomic mass is 79.9. The summed E-state index contributed by atoms with van der Waals surface area (Å²) >= 11 is 3.41. The molecule has 0 bridgehead atoms. The molecule has 0 fully saturated rings. The molecule has 1 aromatic carbocycles. The van der Waals surface area contributed by atoms with Crippen LogP contribution in [0.4, 0.5) is 0 Å². The first-order valence-corrected chi connectivity index (χ1v) is 6.92. The molecule has 0 amide bonds. The highest BCUT2D eigenvalue weighted by Gasteiger charge is 2.00. The number of aromatic nitrogens is 2. The van der Waals surface area contributed by atoms with Crippen molar-refractivity contribution >= 4 is 15.9 Å². The molecule has 0 aliphatic heterocycles. The van der Waals surface area contributed by atoms with Gasteiger partial charge < -0.3 is 5.32 Å². The highest BCUT2D eigenvalue weighted by molar-refractivity contribution is 9.10. The van der Waals surface area contributed by atoms with E-state index in [4.69, 9.17) is 0 Å². The van der Waals surface area contributed by atoms with Gasteiger partial charge in [-0.25, -0.2) is 0 Å². The average Bonchev–Trinajstić information content (AvgIpc) is 2.73. The van der Waals surface area contributed by atoms with Crippen LogP contribution < -0.4 is 5.32 Å². The van der Waals surface area contributed by atoms with Gasteiger partial charge in [0.1, 0.15) is 0 Å². The van der Waals surface area contributed by atoms with E-state index in [1.54, 1.807) is 0 Å². The van der Waals surface area contributed by atoms with Gasteiger partial charge >= 0.3 is 0 Å². The number of halogens is 1. The second kappa shape index (κ2) is 6.16. The predicted octanol–water partition coefficient (Wildman–Crippen LogP) is 3.19. The minimum atomic E-state index is 0.510. The summed E-state index contributed by atoms with van der Waals surface area (Å²) in [6.07, 6.45) is 3.79. The predicted molar refractivity (Wildman–Crippen MR) is 77.4 cm³/mol. The van der Waals surface area contributed by atoms with Crippen molar-refractivity contribution in [3.63, 3.8) is 0 Å². The minimum Gasteiger partial charge on any atom is -0.310 e. The molecule has 2 rings (SSSR count). The third-order valence-corrected chi connectivity index (χ3v) is 3.06. The topological polar surface area (TPSA) is 29.9 Å². The maximum absolute atomic E-state index is 4.27. The molecule has 0 radical (unpaired) electrons. The quantitative estimate of drug-likeness (QED) is 0.919. The van der Waals surface area contributed by atoms with Gasteiger partial charge in [0.15, 0.2) is 0 Å². The lowest BCUT2D eigenvalue weighted by Crippen LogP contribution is -2.21. The van der Waals surface area contributed by atoms with Gasteiger partial charge in [-0.2, -0.15) is 5.10 Å². The summed E-state index contributed by atoms with van der Waals surface area (Å²) in [7, 11) is 0. The standard InChI is InChI=1S/C14H18BrN3/c1-11(2)16-7-12-4-3-5-13(6-12)9-18-10-14(15)8-17-18/h3-6,8,10-11,16H,7,9H2,1-2H3. The van der Waals surface area contributed by atoms with E-state index in [1.165, 1.54) is 11.1 Å². The van der Waals surface area contributed by atoms with Crippen molar-refractivity contribution in [3.8, 4) is 0 Å². The van der Waals surface area contributed by atoms with E-state index in [0.29, 0.717) is 6.04 Å². The second-order valence-electron chi connectivity index (χ2n) is 4.71. The third kappa shape index (κ3) is 3.96. The Hall–Kier alpha value is -1.13. The summed E-state index contributed by atoms with van der Waals surface area (Å²) < 4.78 is 2.94. The summed E-state index contributed by atoms with van der Waals surface area (Å²) in [6.45, 7) is 6.03. The Bertz CT molecular complexity index is 505. The second-order valence-corrected chi connectivity index (χ2v) is 5.63. The molecule has 4 heteroatoms. The first-order valence-electron chi connectivity index (χ1n) is 6.12. The van der Waals surface area contributed by atoms with Crippen LogP contribution in [0, 0.1) is 0 Å². The smallest absolute Gasteiger partial charge is 0.0659 e. The Kier molecular flexibility index (Phi) is 4.55. The number of benzene rings is 1. The van der Waals surface area contributed by atoms with Gasteiger partial charge in [-0.1, -0.05) is 38.1 Å². The van der Waals surface area contributed by atoms with Crippen molar-refractivity contribution in [2.24, 2.45) is 0 Å². The molecule has 0 saturated carbocycles. The SMILES string of the molecule is CC(C)NCc1cccc(Cn2cc(Br)cn2)c1. The van der Waals surface area contributed by atoms with Crippen LogP contribution in [0.25, 0.3) is 0 Å². The van der Waals surface area contributed by atoms with Crippen LogP contribution in [0.3, 0.4) is 0 Å². The molecule has 0 aliphatic rings. The van der Waals surface area contributed by atoms with Crippen molar-refractivity contribution < 1.29 is 0 Å². The third-order valence-electron chi connectivity index (χ3n) is 2.65. The largest absolute Gasteiger partial charge is 0.310 e. The molecule has 0 spiro atoms. The van der Waals surface area contributed by atoms with Gasteiger partial charge in [0, 0.05) is 18.8 Å². The number of nitrogens with zero attached hydrogens (tertiary/aromatic N) is 2. The molecule has 3 nitrogen and oxygen atoms in total. The zero-order valence-electron chi connectivity index (χ0n) is 10.7. The Morgan fingerprint density at radius 3 is 2.78 bits per heavy atom. The van der Waals surface area contributed by atoms with E-state index in [-0.39, 0.29) is 0 Å². The lowest BCUT2D eigenvalue weighted by atomic mass is 10.1. The molecule has 18 heavy (non-hydrogen) atoms. The van der Waals surface area contributed by atoms with Gasteiger partial charge in [0.25, 0.3) is 0 Å². The lowest BCUT2D eigenvalue weighted by molar-refractivity contribution is 0.588. The van der Waals surface area contributed by atoms with Crippen molar-refractivity contribution in [3.05, 3.63) is 52.3 Å². The monoisotopic (exact) mass is 307 g/mol. The fourth-order valence-electron chi connectivity index (χ4n) is 1.77. The lowest BCUT2D eigenvalue weighted by Gasteiger charge is -2.09. The minimum absolute atomic E-state index is 0.510. The van der Waals surface area contributed by atoms with Crippen LogP contribution in [0.15, 0.2) is 41.1 Å². The van der Waals surface area contributed by atoms with Crippen molar-refractivity contribution in [2.75, 3.05) is 0 Å². The number of hydrogen-bond donors (Lipinski definition) is 1. The van der Waals surface area contributed by atoms with Gasteiger partial charge in [-0.15, -0.1) is 0 Å². The normalized spacial score (nSPS) is 11.1. The zero-order valence-corrected chi connectivity index (χ0v) is 12.3. The zero-order chi connectivity index (χ0) is 13.0. The van der Waals surface area contributed by atoms with Gasteiger partial charge in [0.05, 0.1) is 17.2 Å². The van der Waals surface area contributed by atoms with Crippen molar-refractivity contribution in [2.45, 2.75) is 33.0 Å². The molecule has 0 unspecified atom stereocenters. The van der Waals surface area contributed by atoms with E-state index in [9.17, 15) is 0 Å². The highest BCUT2D eigenvalue weighted by Crippen LogP contribution is 2.10. The van der Waals surface area contributed by atoms with Crippen LogP contribution in [-0.2, 0) is 13.1 Å². The summed E-state index contributed by atoms with van der Waals surface area (Å²) in [5.41, 5.74) is 2.58. The van der Waals surface area contributed by atoms with E-state index in [0.717, 1.165) is 17.6 Å². The Morgan fingerprint density at radius 1 is 1.33 bits per heavy atom. The summed E-state index contributed by atoms with van der Waals surface area (Å²) in [6, 6.07) is 9.12. The molecule has 1 N–H and O–H groups in total. The average molecular weight is 308 g/mol. The number of nitrogens with one attached hydrogen (secondary N) is 1.